The summed E-state index contributed by atoms with van der Waals surface area (Å²) in [5.74, 6) is 0.759. The van der Waals surface area contributed by atoms with Gasteiger partial charge in [-0.2, -0.15) is 0 Å². The van der Waals surface area contributed by atoms with Crippen LogP contribution in [0, 0.1) is 0 Å². The first-order valence-corrected chi connectivity index (χ1v) is 8.04. The van der Waals surface area contributed by atoms with E-state index in [1.54, 1.807) is 35.6 Å². The third kappa shape index (κ3) is 2.23. The molecule has 2 N–H and O–H groups in total. The number of benzene rings is 1. The van der Waals surface area contributed by atoms with Crippen LogP contribution in [0.25, 0.3) is 22.4 Å². The highest BCUT2D eigenvalue weighted by atomic mass is 32.1. The van der Waals surface area contributed by atoms with Gasteiger partial charge in [0.25, 0.3) is 5.56 Å². The summed E-state index contributed by atoms with van der Waals surface area (Å²) in [6.45, 7) is 0. The van der Waals surface area contributed by atoms with Crippen molar-refractivity contribution in [2.75, 3.05) is 0 Å². The molecule has 4 nitrogen and oxygen atoms in total. The van der Waals surface area contributed by atoms with Crippen LogP contribution in [-0.4, -0.2) is 15.1 Å². The lowest BCUT2D eigenvalue weighted by Gasteiger charge is -1.97. The largest absolute Gasteiger partial charge is 0.508 e. The van der Waals surface area contributed by atoms with E-state index >= 15 is 0 Å². The Labute approximate surface area is 130 Å². The SMILES string of the molecule is O=c1[nH]c(/C=C/c2cccc(O)c2)nc2sc3c(c12)CCC3. The van der Waals surface area contributed by atoms with E-state index in [0.717, 1.165) is 35.0 Å². The van der Waals surface area contributed by atoms with Gasteiger partial charge in [-0.05, 0) is 48.6 Å². The molecule has 0 unspecified atom stereocenters. The van der Waals surface area contributed by atoms with E-state index in [0.29, 0.717) is 5.82 Å². The van der Waals surface area contributed by atoms with Crippen LogP contribution in [0.5, 0.6) is 5.75 Å². The number of nitrogens with one attached hydrogen (secondary N) is 1. The normalized spacial score (nSPS) is 14.0. The predicted octanol–water partition coefficient (Wildman–Crippen LogP) is 3.35. The van der Waals surface area contributed by atoms with Crippen LogP contribution < -0.4 is 5.56 Å². The third-order valence-electron chi connectivity index (χ3n) is 3.90. The average molecular weight is 310 g/mol. The number of H-pyrrole nitrogens is 1. The number of aromatic hydroxyl groups is 1. The second-order valence-electron chi connectivity index (χ2n) is 5.42. The first-order valence-electron chi connectivity index (χ1n) is 7.22. The van der Waals surface area contributed by atoms with Gasteiger partial charge < -0.3 is 10.1 Å². The number of phenols is 1. The molecule has 1 aromatic carbocycles. The second kappa shape index (κ2) is 5.10. The lowest BCUT2D eigenvalue weighted by Crippen LogP contribution is -2.09. The van der Waals surface area contributed by atoms with Crippen molar-refractivity contribution in [2.24, 2.45) is 0 Å². The molecule has 0 spiro atoms. The summed E-state index contributed by atoms with van der Waals surface area (Å²) < 4.78 is 0. The van der Waals surface area contributed by atoms with E-state index in [9.17, 15) is 9.90 Å². The summed E-state index contributed by atoms with van der Waals surface area (Å²) in [6.07, 6.45) is 6.77. The van der Waals surface area contributed by atoms with Crippen LogP contribution in [-0.2, 0) is 12.8 Å². The number of hydrogen-bond donors (Lipinski definition) is 2. The Morgan fingerprint density at radius 1 is 1.27 bits per heavy atom. The van der Waals surface area contributed by atoms with E-state index in [4.69, 9.17) is 0 Å². The minimum atomic E-state index is -0.0556. The molecule has 0 fully saturated rings. The Bertz CT molecular complexity index is 953. The Hall–Kier alpha value is -2.40. The van der Waals surface area contributed by atoms with Crippen LogP contribution in [0.4, 0.5) is 0 Å². The molecule has 5 heteroatoms. The molecular formula is C17H14N2O2S. The molecule has 0 atom stereocenters. The predicted molar refractivity (Wildman–Crippen MR) is 89.3 cm³/mol. The highest BCUT2D eigenvalue weighted by Gasteiger charge is 2.20. The Balaban J connectivity index is 1.75. The van der Waals surface area contributed by atoms with Gasteiger partial charge in [0.15, 0.2) is 0 Å². The van der Waals surface area contributed by atoms with E-state index in [1.807, 2.05) is 12.1 Å². The molecule has 22 heavy (non-hydrogen) atoms. The van der Waals surface area contributed by atoms with Crippen LogP contribution in [0.3, 0.4) is 0 Å². The molecule has 4 rings (SSSR count). The topological polar surface area (TPSA) is 66.0 Å². The lowest BCUT2D eigenvalue weighted by atomic mass is 10.2. The summed E-state index contributed by atoms with van der Waals surface area (Å²) in [6, 6.07) is 6.94. The smallest absolute Gasteiger partial charge is 0.260 e. The first-order chi connectivity index (χ1) is 10.7. The van der Waals surface area contributed by atoms with Crippen molar-refractivity contribution in [2.45, 2.75) is 19.3 Å². The number of rotatable bonds is 2. The quantitative estimate of drug-likeness (QED) is 0.763. The van der Waals surface area contributed by atoms with Crippen molar-refractivity contribution in [1.82, 2.24) is 9.97 Å². The maximum absolute atomic E-state index is 12.3. The van der Waals surface area contributed by atoms with Crippen LogP contribution in [0.2, 0.25) is 0 Å². The summed E-state index contributed by atoms with van der Waals surface area (Å²) in [5.41, 5.74) is 1.99. The van der Waals surface area contributed by atoms with Gasteiger partial charge in [0.2, 0.25) is 0 Å². The molecule has 2 heterocycles. The molecule has 110 valence electrons. The molecule has 0 bridgehead atoms. The number of aryl methyl sites for hydroxylation is 2. The Morgan fingerprint density at radius 3 is 3.05 bits per heavy atom. The van der Waals surface area contributed by atoms with Gasteiger partial charge in [0.05, 0.1) is 5.39 Å². The molecule has 0 saturated heterocycles. The van der Waals surface area contributed by atoms with Crippen LogP contribution >= 0.6 is 11.3 Å². The number of fused-ring (bicyclic) bond motifs is 3. The second-order valence-corrected chi connectivity index (χ2v) is 6.50. The molecule has 2 aromatic heterocycles. The highest BCUT2D eigenvalue weighted by Crippen LogP contribution is 2.34. The maximum atomic E-state index is 12.3. The fourth-order valence-electron chi connectivity index (χ4n) is 2.90. The zero-order valence-electron chi connectivity index (χ0n) is 11.8. The van der Waals surface area contributed by atoms with Gasteiger partial charge in [0, 0.05) is 4.88 Å². The van der Waals surface area contributed by atoms with Crippen molar-refractivity contribution >= 4 is 33.7 Å². The van der Waals surface area contributed by atoms with Gasteiger partial charge in [-0.25, -0.2) is 4.98 Å². The maximum Gasteiger partial charge on any atom is 0.260 e. The number of hydrogen-bond acceptors (Lipinski definition) is 4. The zero-order chi connectivity index (χ0) is 15.1. The number of thiophene rings is 1. The van der Waals surface area contributed by atoms with Gasteiger partial charge >= 0.3 is 0 Å². The fraction of sp³-hybridized carbons (Fsp3) is 0.176. The van der Waals surface area contributed by atoms with Gasteiger partial charge in [-0.1, -0.05) is 18.2 Å². The average Bonchev–Trinajstić information content (AvgIpc) is 3.05. The van der Waals surface area contributed by atoms with Crippen LogP contribution in [0.15, 0.2) is 29.1 Å². The first kappa shape index (κ1) is 13.3. The van der Waals surface area contributed by atoms with Crippen molar-refractivity contribution in [3.05, 3.63) is 56.4 Å². The monoisotopic (exact) mass is 310 g/mol. The molecule has 1 aliphatic rings. The van der Waals surface area contributed by atoms with E-state index < -0.39 is 0 Å². The van der Waals surface area contributed by atoms with Crippen molar-refractivity contribution in [3.63, 3.8) is 0 Å². The summed E-state index contributed by atoms with van der Waals surface area (Å²) in [5, 5.41) is 10.2. The Morgan fingerprint density at radius 2 is 2.18 bits per heavy atom. The van der Waals surface area contributed by atoms with E-state index in [1.165, 1.54) is 10.4 Å². The minimum absolute atomic E-state index is 0.0556. The number of aromatic amines is 1. The highest BCUT2D eigenvalue weighted by molar-refractivity contribution is 7.18. The number of phenolic OH excluding ortho intramolecular Hbond substituents is 1. The van der Waals surface area contributed by atoms with Crippen molar-refractivity contribution in [3.8, 4) is 5.75 Å². The summed E-state index contributed by atoms with van der Waals surface area (Å²) >= 11 is 1.63. The summed E-state index contributed by atoms with van der Waals surface area (Å²) in [7, 11) is 0. The molecular weight excluding hydrogens is 296 g/mol. The minimum Gasteiger partial charge on any atom is -0.508 e. The molecule has 1 aliphatic carbocycles. The Kier molecular flexibility index (Phi) is 3.08. The van der Waals surface area contributed by atoms with Gasteiger partial charge in [0.1, 0.15) is 16.4 Å². The molecule has 0 aliphatic heterocycles. The standard InChI is InChI=1S/C17H14N2O2S/c20-11-4-1-3-10(9-11)7-8-14-18-16(21)15-12-5-2-6-13(12)22-17(15)19-14/h1,3-4,7-9,20H,2,5-6H2,(H,18,19,21)/b8-7+. The number of nitrogens with zero attached hydrogens (tertiary/aromatic N) is 1. The van der Waals surface area contributed by atoms with Gasteiger partial charge in [-0.15, -0.1) is 11.3 Å². The van der Waals surface area contributed by atoms with Crippen molar-refractivity contribution < 1.29 is 5.11 Å². The summed E-state index contributed by atoms with van der Waals surface area (Å²) in [4.78, 5) is 21.8. The third-order valence-corrected chi connectivity index (χ3v) is 5.08. The number of aromatic nitrogens is 2. The molecule has 0 saturated carbocycles. The van der Waals surface area contributed by atoms with Crippen molar-refractivity contribution in [1.29, 1.82) is 0 Å². The van der Waals surface area contributed by atoms with Crippen LogP contribution in [0.1, 0.15) is 28.2 Å². The molecule has 0 radical (unpaired) electrons. The van der Waals surface area contributed by atoms with E-state index in [2.05, 4.69) is 9.97 Å². The fourth-order valence-corrected chi connectivity index (χ4v) is 4.17. The van der Waals surface area contributed by atoms with E-state index in [-0.39, 0.29) is 11.3 Å². The molecule has 3 aromatic rings. The lowest BCUT2D eigenvalue weighted by molar-refractivity contribution is 0.475. The van der Waals surface area contributed by atoms with Gasteiger partial charge in [-0.3, -0.25) is 4.79 Å². The molecule has 0 amide bonds. The zero-order valence-corrected chi connectivity index (χ0v) is 12.6.